The van der Waals surface area contributed by atoms with Gasteiger partial charge in [0, 0.05) is 6.54 Å². The molecule has 0 bridgehead atoms. The van der Waals surface area contributed by atoms with Crippen LogP contribution in [-0.4, -0.2) is 16.6 Å². The topological polar surface area (TPSA) is 49.3 Å². The molecule has 4 heteroatoms. The van der Waals surface area contributed by atoms with E-state index in [1.54, 1.807) is 12.1 Å². The van der Waals surface area contributed by atoms with Crippen LogP contribution in [0.25, 0.3) is 0 Å². The molecule has 17 heavy (non-hydrogen) atoms. The van der Waals surface area contributed by atoms with Gasteiger partial charge in [0.1, 0.15) is 11.4 Å². The molecule has 0 radical (unpaired) electrons. The first-order valence-electron chi connectivity index (χ1n) is 5.85. The summed E-state index contributed by atoms with van der Waals surface area (Å²) in [4.78, 5) is 11.8. The van der Waals surface area contributed by atoms with Crippen LogP contribution < -0.4 is 5.32 Å². The number of halogens is 1. The molecule has 1 aromatic carbocycles. The SMILES string of the molecule is O=C(NCc1cccc(F)c1)C1(O)CCCC1. The van der Waals surface area contributed by atoms with E-state index in [9.17, 15) is 14.3 Å². The van der Waals surface area contributed by atoms with Crippen molar-refractivity contribution in [2.24, 2.45) is 0 Å². The molecule has 0 atom stereocenters. The maximum Gasteiger partial charge on any atom is 0.252 e. The van der Waals surface area contributed by atoms with Crippen molar-refractivity contribution >= 4 is 5.91 Å². The minimum atomic E-state index is -1.21. The zero-order valence-corrected chi connectivity index (χ0v) is 9.58. The van der Waals surface area contributed by atoms with Crippen LogP contribution in [0.1, 0.15) is 31.2 Å². The Hall–Kier alpha value is -1.42. The first-order chi connectivity index (χ1) is 8.10. The molecule has 0 aromatic heterocycles. The van der Waals surface area contributed by atoms with Gasteiger partial charge < -0.3 is 10.4 Å². The second-order valence-corrected chi connectivity index (χ2v) is 4.55. The molecule has 92 valence electrons. The summed E-state index contributed by atoms with van der Waals surface area (Å²) >= 11 is 0. The Bertz CT molecular complexity index is 414. The molecule has 1 aliphatic rings. The summed E-state index contributed by atoms with van der Waals surface area (Å²) in [6, 6.07) is 6.07. The van der Waals surface area contributed by atoms with Crippen LogP contribution >= 0.6 is 0 Å². The van der Waals surface area contributed by atoms with Crippen molar-refractivity contribution in [2.45, 2.75) is 37.8 Å². The second-order valence-electron chi connectivity index (χ2n) is 4.55. The van der Waals surface area contributed by atoms with E-state index >= 15 is 0 Å². The van der Waals surface area contributed by atoms with Crippen LogP contribution in [0, 0.1) is 5.82 Å². The molecule has 1 amide bonds. The number of amides is 1. The van der Waals surface area contributed by atoms with Gasteiger partial charge >= 0.3 is 0 Å². The molecule has 0 saturated heterocycles. The third-order valence-electron chi connectivity index (χ3n) is 3.20. The number of nitrogens with one attached hydrogen (secondary N) is 1. The number of benzene rings is 1. The minimum Gasteiger partial charge on any atom is -0.380 e. The van der Waals surface area contributed by atoms with Crippen LogP contribution in [0.15, 0.2) is 24.3 Å². The Kier molecular flexibility index (Phi) is 3.43. The number of rotatable bonds is 3. The Balaban J connectivity index is 1.92. The van der Waals surface area contributed by atoms with Crippen LogP contribution in [0.4, 0.5) is 4.39 Å². The van der Waals surface area contributed by atoms with Crippen molar-refractivity contribution < 1.29 is 14.3 Å². The van der Waals surface area contributed by atoms with Gasteiger partial charge in [-0.1, -0.05) is 12.1 Å². The molecule has 0 heterocycles. The van der Waals surface area contributed by atoms with E-state index in [0.717, 1.165) is 12.8 Å². The molecule has 1 fully saturated rings. The lowest BCUT2D eigenvalue weighted by molar-refractivity contribution is -0.139. The van der Waals surface area contributed by atoms with Crippen LogP contribution in [0.2, 0.25) is 0 Å². The minimum absolute atomic E-state index is 0.249. The molecule has 1 aromatic rings. The number of hydrogen-bond acceptors (Lipinski definition) is 2. The third kappa shape index (κ3) is 2.82. The zero-order chi connectivity index (χ0) is 12.3. The molecular weight excluding hydrogens is 221 g/mol. The van der Waals surface area contributed by atoms with Crippen molar-refractivity contribution in [1.82, 2.24) is 5.32 Å². The van der Waals surface area contributed by atoms with Gasteiger partial charge in [-0.2, -0.15) is 0 Å². The molecule has 1 saturated carbocycles. The highest BCUT2D eigenvalue weighted by atomic mass is 19.1. The normalized spacial score (nSPS) is 18.0. The summed E-state index contributed by atoms with van der Waals surface area (Å²) in [6.45, 7) is 0.249. The first-order valence-corrected chi connectivity index (χ1v) is 5.85. The first kappa shape index (κ1) is 12.0. The van der Waals surface area contributed by atoms with Crippen LogP contribution in [-0.2, 0) is 11.3 Å². The highest BCUT2D eigenvalue weighted by molar-refractivity contribution is 5.85. The summed E-state index contributed by atoms with van der Waals surface area (Å²) in [6.07, 6.45) is 2.79. The molecule has 2 N–H and O–H groups in total. The maximum absolute atomic E-state index is 12.9. The van der Waals surface area contributed by atoms with Gasteiger partial charge in [-0.3, -0.25) is 4.79 Å². The van der Waals surface area contributed by atoms with E-state index < -0.39 is 5.60 Å². The number of aliphatic hydroxyl groups is 1. The fraction of sp³-hybridized carbons (Fsp3) is 0.462. The average molecular weight is 237 g/mol. The van der Waals surface area contributed by atoms with Crippen molar-refractivity contribution in [2.75, 3.05) is 0 Å². The molecule has 0 unspecified atom stereocenters. The van der Waals surface area contributed by atoms with Crippen LogP contribution in [0.5, 0.6) is 0 Å². The van der Waals surface area contributed by atoms with Crippen molar-refractivity contribution in [3.63, 3.8) is 0 Å². The zero-order valence-electron chi connectivity index (χ0n) is 9.58. The number of hydrogen-bond donors (Lipinski definition) is 2. The third-order valence-corrected chi connectivity index (χ3v) is 3.20. The number of carbonyl (C=O) groups excluding carboxylic acids is 1. The molecule has 2 rings (SSSR count). The molecule has 0 spiro atoms. The van der Waals surface area contributed by atoms with Gasteiger partial charge in [0.2, 0.25) is 0 Å². The highest BCUT2D eigenvalue weighted by Crippen LogP contribution is 2.29. The summed E-state index contributed by atoms with van der Waals surface area (Å²) in [5.74, 6) is -0.671. The van der Waals surface area contributed by atoms with Gasteiger partial charge in [0.25, 0.3) is 5.91 Å². The average Bonchev–Trinajstić information content (AvgIpc) is 2.74. The van der Waals surface area contributed by atoms with E-state index in [1.165, 1.54) is 12.1 Å². The van der Waals surface area contributed by atoms with Crippen molar-refractivity contribution in [1.29, 1.82) is 0 Å². The van der Waals surface area contributed by atoms with Crippen molar-refractivity contribution in [3.8, 4) is 0 Å². The summed E-state index contributed by atoms with van der Waals surface area (Å²) in [5, 5.41) is 12.7. The predicted molar refractivity (Wildman–Crippen MR) is 61.7 cm³/mol. The Morgan fingerprint density at radius 1 is 1.41 bits per heavy atom. The van der Waals surface area contributed by atoms with E-state index in [1.807, 2.05) is 0 Å². The lowest BCUT2D eigenvalue weighted by atomic mass is 10.0. The smallest absolute Gasteiger partial charge is 0.252 e. The van der Waals surface area contributed by atoms with Gasteiger partial charge in [-0.25, -0.2) is 4.39 Å². The van der Waals surface area contributed by atoms with Crippen LogP contribution in [0.3, 0.4) is 0 Å². The fourth-order valence-electron chi connectivity index (χ4n) is 2.18. The molecule has 1 aliphatic carbocycles. The Morgan fingerprint density at radius 3 is 2.76 bits per heavy atom. The maximum atomic E-state index is 12.9. The molecule has 3 nitrogen and oxygen atoms in total. The predicted octanol–water partition coefficient (Wildman–Crippen LogP) is 1.75. The van der Waals surface area contributed by atoms with Gasteiger partial charge in [-0.15, -0.1) is 0 Å². The second kappa shape index (κ2) is 4.84. The van der Waals surface area contributed by atoms with Gasteiger partial charge in [-0.05, 0) is 43.4 Å². The highest BCUT2D eigenvalue weighted by Gasteiger charge is 2.38. The Morgan fingerprint density at radius 2 is 2.12 bits per heavy atom. The van der Waals surface area contributed by atoms with Crippen molar-refractivity contribution in [3.05, 3.63) is 35.6 Å². The molecular formula is C13H16FNO2. The summed E-state index contributed by atoms with van der Waals surface area (Å²) < 4.78 is 12.9. The van der Waals surface area contributed by atoms with Gasteiger partial charge in [0.15, 0.2) is 0 Å². The van der Waals surface area contributed by atoms with E-state index in [4.69, 9.17) is 0 Å². The monoisotopic (exact) mass is 237 g/mol. The van der Waals surface area contributed by atoms with Gasteiger partial charge in [0.05, 0.1) is 0 Å². The Labute approximate surface area is 99.7 Å². The van der Waals surface area contributed by atoms with E-state index in [2.05, 4.69) is 5.32 Å². The fourth-order valence-corrected chi connectivity index (χ4v) is 2.18. The standard InChI is InChI=1S/C13H16FNO2/c14-11-5-3-4-10(8-11)9-15-12(16)13(17)6-1-2-7-13/h3-5,8,17H,1-2,6-7,9H2,(H,15,16). The summed E-state index contributed by atoms with van der Waals surface area (Å²) in [7, 11) is 0. The lowest BCUT2D eigenvalue weighted by Crippen LogP contribution is -2.44. The lowest BCUT2D eigenvalue weighted by Gasteiger charge is -2.20. The van der Waals surface area contributed by atoms with E-state index in [-0.39, 0.29) is 18.3 Å². The van der Waals surface area contributed by atoms with E-state index in [0.29, 0.717) is 18.4 Å². The molecule has 0 aliphatic heterocycles. The quantitative estimate of drug-likeness (QED) is 0.841. The largest absolute Gasteiger partial charge is 0.380 e. The number of carbonyl (C=O) groups is 1. The summed E-state index contributed by atoms with van der Waals surface area (Å²) in [5.41, 5.74) is -0.521.